The van der Waals surface area contributed by atoms with Crippen molar-refractivity contribution in [1.82, 2.24) is 9.55 Å². The maximum Gasteiger partial charge on any atom is 0.271 e. The zero-order valence-electron chi connectivity index (χ0n) is 20.4. The van der Waals surface area contributed by atoms with Crippen molar-refractivity contribution >= 4 is 38.9 Å². The first kappa shape index (κ1) is 26.1. The maximum absolute atomic E-state index is 13.1. The molecule has 0 aliphatic heterocycles. The van der Waals surface area contributed by atoms with Crippen LogP contribution in [-0.4, -0.2) is 35.6 Å². The van der Waals surface area contributed by atoms with Crippen LogP contribution in [0, 0.1) is 11.8 Å². The van der Waals surface area contributed by atoms with E-state index in [1.54, 1.807) is 24.1 Å². The minimum absolute atomic E-state index is 0.0510. The Morgan fingerprint density at radius 3 is 2.69 bits per heavy atom. The number of ether oxygens (including phenoxy) is 2. The van der Waals surface area contributed by atoms with Crippen LogP contribution in [0.4, 0.5) is 0 Å². The predicted molar refractivity (Wildman–Crippen MR) is 144 cm³/mol. The van der Waals surface area contributed by atoms with E-state index in [9.17, 15) is 9.59 Å². The van der Waals surface area contributed by atoms with Gasteiger partial charge in [0.2, 0.25) is 0 Å². The fraction of sp³-hybridized carbons (Fsp3) is 0.370. The smallest absolute Gasteiger partial charge is 0.271 e. The summed E-state index contributed by atoms with van der Waals surface area (Å²) in [7, 11) is 1.57. The minimum Gasteiger partial charge on any atom is -0.493 e. The number of carbonyl (C=O) groups is 1. The fourth-order valence-electron chi connectivity index (χ4n) is 4.10. The van der Waals surface area contributed by atoms with Gasteiger partial charge in [0.1, 0.15) is 10.5 Å². The molecule has 4 rings (SSSR count). The summed E-state index contributed by atoms with van der Waals surface area (Å²) in [4.78, 5) is 30.5. The molecule has 2 N–H and O–H groups in total. The average Bonchev–Trinajstić information content (AvgIpc) is 3.64. The monoisotopic (exact) mass is 527 g/mol. The summed E-state index contributed by atoms with van der Waals surface area (Å²) < 4.78 is 13.8. The minimum atomic E-state index is -0.117. The van der Waals surface area contributed by atoms with E-state index in [0.717, 1.165) is 23.3 Å². The normalized spacial score (nSPS) is 15.2. The number of fused-ring (bicyclic) bond motifs is 1. The van der Waals surface area contributed by atoms with E-state index in [1.807, 2.05) is 43.3 Å². The molecule has 0 spiro atoms. The van der Waals surface area contributed by atoms with Crippen molar-refractivity contribution in [1.29, 1.82) is 0 Å². The van der Waals surface area contributed by atoms with Crippen molar-refractivity contribution in [2.45, 2.75) is 32.7 Å². The van der Waals surface area contributed by atoms with Gasteiger partial charge in [0.15, 0.2) is 11.5 Å². The van der Waals surface area contributed by atoms with Crippen molar-refractivity contribution in [2.75, 3.05) is 20.3 Å². The van der Waals surface area contributed by atoms with Crippen molar-refractivity contribution < 1.29 is 14.3 Å². The molecule has 1 fully saturated rings. The van der Waals surface area contributed by atoms with Gasteiger partial charge in [-0.05, 0) is 61.6 Å². The highest BCUT2D eigenvalue weighted by Gasteiger charge is 2.33. The molecule has 0 unspecified atom stereocenters. The van der Waals surface area contributed by atoms with E-state index < -0.39 is 0 Å². The first-order chi connectivity index (χ1) is 17.4. The lowest BCUT2D eigenvalue weighted by atomic mass is 9.98. The highest BCUT2D eigenvalue weighted by atomic mass is 35.5. The van der Waals surface area contributed by atoms with Crippen LogP contribution >= 0.6 is 22.9 Å². The molecule has 0 radical (unpaired) electrons. The number of aromatic nitrogens is 2. The second-order valence-electron chi connectivity index (χ2n) is 8.81. The number of hydrogen-bond acceptors (Lipinski definition) is 7. The van der Waals surface area contributed by atoms with E-state index in [4.69, 9.17) is 26.8 Å². The topological polar surface area (TPSA) is 96.4 Å². The fourth-order valence-corrected chi connectivity index (χ4v) is 5.29. The Kier molecular flexibility index (Phi) is 8.61. The summed E-state index contributed by atoms with van der Waals surface area (Å²) >= 11 is 7.41. The van der Waals surface area contributed by atoms with Gasteiger partial charge in [-0.15, -0.1) is 11.3 Å². The summed E-state index contributed by atoms with van der Waals surface area (Å²) in [5.74, 6) is 1.81. The number of carbonyl (C=O) groups excluding carboxylic acids is 1. The zero-order chi connectivity index (χ0) is 25.7. The summed E-state index contributed by atoms with van der Waals surface area (Å²) in [6.45, 7) is 2.62. The largest absolute Gasteiger partial charge is 0.493 e. The number of thiophene rings is 1. The first-order valence-corrected chi connectivity index (χ1v) is 13.1. The van der Waals surface area contributed by atoms with Gasteiger partial charge in [-0.3, -0.25) is 14.2 Å². The Bertz CT molecular complexity index is 1340. The lowest BCUT2D eigenvalue weighted by molar-refractivity contribution is -0.119. The van der Waals surface area contributed by atoms with Crippen LogP contribution in [0.15, 0.2) is 65.1 Å². The third-order valence-electron chi connectivity index (χ3n) is 6.29. The van der Waals surface area contributed by atoms with Crippen molar-refractivity contribution in [3.63, 3.8) is 0 Å². The van der Waals surface area contributed by atoms with Crippen LogP contribution in [0.1, 0.15) is 26.2 Å². The SMILES string of the molecule is C/C=C(OC[C@H](CC(=O)CN)C1CC1)\C(=C/Cn1cnc2cc(-c3ccc(Cl)cc3)sc2c1=O)OC. The zero-order valence-corrected chi connectivity index (χ0v) is 22.0. The molecule has 0 bridgehead atoms. The molecular weight excluding hydrogens is 498 g/mol. The Labute approximate surface area is 219 Å². The molecule has 0 saturated heterocycles. The van der Waals surface area contributed by atoms with Gasteiger partial charge in [0.05, 0.1) is 32.1 Å². The van der Waals surface area contributed by atoms with Gasteiger partial charge < -0.3 is 15.2 Å². The Balaban J connectivity index is 1.49. The number of rotatable bonds is 12. The number of nitrogens with two attached hydrogens (primary N) is 1. The number of halogens is 1. The van der Waals surface area contributed by atoms with Crippen LogP contribution in [0.2, 0.25) is 5.02 Å². The van der Waals surface area contributed by atoms with Crippen molar-refractivity contribution in [3.05, 3.63) is 75.7 Å². The highest BCUT2D eigenvalue weighted by Crippen LogP contribution is 2.39. The molecule has 1 atom stereocenters. The molecule has 1 saturated carbocycles. The van der Waals surface area contributed by atoms with Gasteiger partial charge in [-0.1, -0.05) is 23.7 Å². The number of nitrogens with zero attached hydrogens (tertiary/aromatic N) is 2. The summed E-state index contributed by atoms with van der Waals surface area (Å²) in [5.41, 5.74) is 7.04. The van der Waals surface area contributed by atoms with Crippen LogP contribution in [0.3, 0.4) is 0 Å². The number of ketones is 1. The van der Waals surface area contributed by atoms with Gasteiger partial charge in [-0.25, -0.2) is 4.98 Å². The first-order valence-electron chi connectivity index (χ1n) is 11.9. The van der Waals surface area contributed by atoms with Gasteiger partial charge in [0.25, 0.3) is 5.56 Å². The number of allylic oxidation sites excluding steroid dienone is 2. The quantitative estimate of drug-likeness (QED) is 0.258. The van der Waals surface area contributed by atoms with E-state index >= 15 is 0 Å². The molecule has 1 aliphatic carbocycles. The van der Waals surface area contributed by atoms with Crippen molar-refractivity contribution in [2.24, 2.45) is 17.6 Å². The number of Topliss-reactive ketones (excluding diaryl/α,β-unsaturated/α-hetero) is 1. The van der Waals surface area contributed by atoms with Crippen LogP contribution in [0.25, 0.3) is 20.7 Å². The lowest BCUT2D eigenvalue weighted by Gasteiger charge is -2.19. The van der Waals surface area contributed by atoms with Crippen LogP contribution < -0.4 is 11.3 Å². The molecule has 0 amide bonds. The second kappa shape index (κ2) is 11.9. The molecule has 2 aromatic heterocycles. The molecule has 190 valence electrons. The summed E-state index contributed by atoms with van der Waals surface area (Å²) in [6, 6.07) is 9.43. The van der Waals surface area contributed by atoms with Gasteiger partial charge >= 0.3 is 0 Å². The van der Waals surface area contributed by atoms with Crippen molar-refractivity contribution in [3.8, 4) is 10.4 Å². The maximum atomic E-state index is 13.1. The molecule has 36 heavy (non-hydrogen) atoms. The third-order valence-corrected chi connectivity index (χ3v) is 7.70. The average molecular weight is 528 g/mol. The molecule has 9 heteroatoms. The Morgan fingerprint density at radius 1 is 1.31 bits per heavy atom. The second-order valence-corrected chi connectivity index (χ2v) is 10.3. The number of benzene rings is 1. The predicted octanol–water partition coefficient (Wildman–Crippen LogP) is 5.17. The molecule has 7 nitrogen and oxygen atoms in total. The molecule has 1 aromatic carbocycles. The van der Waals surface area contributed by atoms with E-state index in [2.05, 4.69) is 4.98 Å². The summed E-state index contributed by atoms with van der Waals surface area (Å²) in [5, 5.41) is 0.665. The summed E-state index contributed by atoms with van der Waals surface area (Å²) in [6.07, 6.45) is 7.84. The number of methoxy groups -OCH3 is 1. The molecule has 2 heterocycles. The van der Waals surface area contributed by atoms with Gasteiger partial charge in [-0.2, -0.15) is 0 Å². The Morgan fingerprint density at radius 2 is 2.06 bits per heavy atom. The van der Waals surface area contributed by atoms with Gasteiger partial charge in [0, 0.05) is 28.8 Å². The highest BCUT2D eigenvalue weighted by molar-refractivity contribution is 7.22. The van der Waals surface area contributed by atoms with Crippen LogP contribution in [0.5, 0.6) is 0 Å². The third kappa shape index (κ3) is 6.24. The number of hydrogen-bond donors (Lipinski definition) is 1. The van der Waals surface area contributed by atoms with E-state index in [0.29, 0.717) is 45.7 Å². The van der Waals surface area contributed by atoms with Crippen LogP contribution in [-0.2, 0) is 20.8 Å². The molecule has 1 aliphatic rings. The lowest BCUT2D eigenvalue weighted by Crippen LogP contribution is -2.22. The standard InChI is InChI=1S/C27H30ClN3O4S/c1-3-23(35-15-19(17-4-5-17)12-21(32)14-29)24(34-2)10-11-31-16-30-22-13-25(36-26(22)27(31)33)18-6-8-20(28)9-7-18/h3,6-10,13,16-17,19H,4-5,11-12,14-15,29H2,1-2H3/b23-3+,24-10+/t19-/m0/s1. The molecular formula is C27H30ClN3O4S. The Hall–Kier alpha value is -2.94. The van der Waals surface area contributed by atoms with E-state index in [-0.39, 0.29) is 30.3 Å². The van der Waals surface area contributed by atoms with E-state index in [1.165, 1.54) is 11.3 Å². The molecule has 3 aromatic rings.